The van der Waals surface area contributed by atoms with Crippen molar-refractivity contribution in [3.8, 4) is 0 Å². The van der Waals surface area contributed by atoms with Crippen molar-refractivity contribution in [3.05, 3.63) is 63.9 Å². The fraction of sp³-hybridized carbons (Fsp3) is 0.200. The Balaban J connectivity index is 2.30. The molecule has 0 aliphatic carbocycles. The molecule has 0 aliphatic rings. The van der Waals surface area contributed by atoms with Crippen molar-refractivity contribution in [1.82, 2.24) is 0 Å². The minimum atomic E-state index is -0.222. The summed E-state index contributed by atoms with van der Waals surface area (Å²) < 4.78 is 13.8. The fourth-order valence-corrected chi connectivity index (χ4v) is 2.32. The van der Waals surface area contributed by atoms with Crippen molar-refractivity contribution in [3.63, 3.8) is 0 Å². The van der Waals surface area contributed by atoms with Gasteiger partial charge in [-0.2, -0.15) is 0 Å². The van der Waals surface area contributed by atoms with Crippen molar-refractivity contribution in [2.75, 3.05) is 5.32 Å². The van der Waals surface area contributed by atoms with Gasteiger partial charge in [-0.05, 0) is 24.6 Å². The van der Waals surface area contributed by atoms with Crippen LogP contribution < -0.4 is 5.32 Å². The van der Waals surface area contributed by atoms with Crippen molar-refractivity contribution >= 4 is 28.9 Å². The number of benzene rings is 2. The zero-order valence-electron chi connectivity index (χ0n) is 10.5. The van der Waals surface area contributed by atoms with Crippen molar-refractivity contribution in [2.24, 2.45) is 0 Å². The van der Waals surface area contributed by atoms with E-state index >= 15 is 0 Å². The van der Waals surface area contributed by atoms with Gasteiger partial charge in [0, 0.05) is 5.56 Å². The number of nitrogens with one attached hydrogen (secondary N) is 1. The first-order chi connectivity index (χ1) is 9.13. The number of halogens is 3. The highest BCUT2D eigenvalue weighted by atomic mass is 35.5. The van der Waals surface area contributed by atoms with Crippen molar-refractivity contribution in [1.29, 1.82) is 0 Å². The summed E-state index contributed by atoms with van der Waals surface area (Å²) in [6, 6.07) is 12.0. The molecule has 1 nitrogen and oxygen atoms in total. The Hall–Kier alpha value is -1.25. The van der Waals surface area contributed by atoms with Crippen LogP contribution in [0.2, 0.25) is 10.0 Å². The maximum Gasteiger partial charge on any atom is 0.128 e. The molecule has 0 amide bonds. The van der Waals surface area contributed by atoms with Gasteiger partial charge in [0.1, 0.15) is 5.82 Å². The average Bonchev–Trinajstić information content (AvgIpc) is 2.41. The molecule has 2 aromatic rings. The van der Waals surface area contributed by atoms with Crippen LogP contribution in [0.25, 0.3) is 0 Å². The lowest BCUT2D eigenvalue weighted by molar-refractivity contribution is 0.587. The zero-order chi connectivity index (χ0) is 13.8. The molecule has 0 saturated heterocycles. The number of hydrogen-bond donors (Lipinski definition) is 1. The van der Waals surface area contributed by atoms with Crippen LogP contribution in [0.1, 0.15) is 24.9 Å². The van der Waals surface area contributed by atoms with Gasteiger partial charge in [0.05, 0.1) is 21.8 Å². The summed E-state index contributed by atoms with van der Waals surface area (Å²) in [5.74, 6) is -0.222. The summed E-state index contributed by atoms with van der Waals surface area (Å²) in [7, 11) is 0. The first kappa shape index (κ1) is 14.2. The third-order valence-corrected chi connectivity index (χ3v) is 3.79. The van der Waals surface area contributed by atoms with E-state index < -0.39 is 0 Å². The van der Waals surface area contributed by atoms with Crippen LogP contribution in [0.5, 0.6) is 0 Å². The molecule has 2 aromatic carbocycles. The minimum Gasteiger partial charge on any atom is -0.377 e. The predicted molar refractivity (Wildman–Crippen MR) is 79.5 cm³/mol. The summed E-state index contributed by atoms with van der Waals surface area (Å²) in [5, 5.41) is 4.18. The Morgan fingerprint density at radius 1 is 1.11 bits per heavy atom. The Morgan fingerprint density at radius 2 is 1.84 bits per heavy atom. The van der Waals surface area contributed by atoms with Gasteiger partial charge in [-0.25, -0.2) is 4.39 Å². The summed E-state index contributed by atoms with van der Waals surface area (Å²) in [6.07, 6.45) is 0.740. The van der Waals surface area contributed by atoms with E-state index in [1.54, 1.807) is 18.2 Å². The van der Waals surface area contributed by atoms with Crippen LogP contribution in [0.3, 0.4) is 0 Å². The van der Waals surface area contributed by atoms with E-state index in [0.717, 1.165) is 6.42 Å². The largest absolute Gasteiger partial charge is 0.377 e. The third-order valence-electron chi connectivity index (χ3n) is 2.97. The highest BCUT2D eigenvalue weighted by Crippen LogP contribution is 2.33. The minimum absolute atomic E-state index is 0.142. The Morgan fingerprint density at radius 3 is 2.53 bits per heavy atom. The highest BCUT2D eigenvalue weighted by Gasteiger charge is 2.15. The Bertz CT molecular complexity index is 572. The van der Waals surface area contributed by atoms with Gasteiger partial charge in [0.15, 0.2) is 0 Å². The molecule has 19 heavy (non-hydrogen) atoms. The molecule has 0 radical (unpaired) electrons. The van der Waals surface area contributed by atoms with Gasteiger partial charge in [-0.15, -0.1) is 0 Å². The van der Waals surface area contributed by atoms with Crippen LogP contribution >= 0.6 is 23.2 Å². The Labute approximate surface area is 122 Å². The van der Waals surface area contributed by atoms with E-state index in [1.807, 2.05) is 25.1 Å². The Kier molecular flexibility index (Phi) is 4.67. The molecule has 0 spiro atoms. The lowest BCUT2D eigenvalue weighted by Gasteiger charge is -2.20. The van der Waals surface area contributed by atoms with Crippen LogP contribution in [0.4, 0.5) is 10.1 Å². The van der Waals surface area contributed by atoms with Gasteiger partial charge >= 0.3 is 0 Å². The summed E-state index contributed by atoms with van der Waals surface area (Å²) in [4.78, 5) is 0. The molecule has 0 heterocycles. The van der Waals surface area contributed by atoms with E-state index in [9.17, 15) is 4.39 Å². The van der Waals surface area contributed by atoms with Gasteiger partial charge in [0.2, 0.25) is 0 Å². The number of rotatable bonds is 4. The molecule has 0 bridgehead atoms. The van der Waals surface area contributed by atoms with Crippen LogP contribution in [0, 0.1) is 5.82 Å². The fourth-order valence-electron chi connectivity index (χ4n) is 1.96. The van der Waals surface area contributed by atoms with E-state index in [4.69, 9.17) is 23.2 Å². The summed E-state index contributed by atoms with van der Waals surface area (Å²) >= 11 is 12.1. The molecular formula is C15H14Cl2FN. The van der Waals surface area contributed by atoms with E-state index in [-0.39, 0.29) is 11.9 Å². The van der Waals surface area contributed by atoms with Gasteiger partial charge in [-0.1, -0.05) is 54.4 Å². The molecule has 2 rings (SSSR count). The smallest absolute Gasteiger partial charge is 0.128 e. The quantitative estimate of drug-likeness (QED) is 0.764. The molecule has 0 fully saturated rings. The topological polar surface area (TPSA) is 12.0 Å². The van der Waals surface area contributed by atoms with Gasteiger partial charge < -0.3 is 5.32 Å². The first-order valence-corrected chi connectivity index (χ1v) is 6.84. The number of anilines is 1. The van der Waals surface area contributed by atoms with Crippen molar-refractivity contribution < 1.29 is 4.39 Å². The summed E-state index contributed by atoms with van der Waals surface area (Å²) in [5.41, 5.74) is 1.34. The molecule has 1 N–H and O–H groups in total. The van der Waals surface area contributed by atoms with Crippen LogP contribution in [-0.2, 0) is 0 Å². The standard InChI is InChI=1S/C15H14Cl2FN/c1-2-13(10-6-3-4-8-12(10)18)19-14-9-5-7-11(16)15(14)17/h3-9,13,19H,2H2,1H3. The molecule has 1 unspecified atom stereocenters. The maximum absolute atomic E-state index is 13.8. The van der Waals surface area contributed by atoms with Gasteiger partial charge in [0.25, 0.3) is 0 Å². The number of hydrogen-bond acceptors (Lipinski definition) is 1. The van der Waals surface area contributed by atoms with E-state index in [1.165, 1.54) is 6.07 Å². The third kappa shape index (κ3) is 3.20. The van der Waals surface area contributed by atoms with E-state index in [2.05, 4.69) is 5.32 Å². The normalized spacial score (nSPS) is 12.2. The second kappa shape index (κ2) is 6.27. The molecule has 0 saturated carbocycles. The maximum atomic E-state index is 13.8. The second-order valence-electron chi connectivity index (χ2n) is 4.23. The lowest BCUT2D eigenvalue weighted by atomic mass is 10.0. The molecular weight excluding hydrogens is 284 g/mol. The second-order valence-corrected chi connectivity index (χ2v) is 5.01. The molecule has 0 aliphatic heterocycles. The van der Waals surface area contributed by atoms with E-state index in [0.29, 0.717) is 21.3 Å². The van der Waals surface area contributed by atoms with Crippen LogP contribution in [-0.4, -0.2) is 0 Å². The predicted octanol–water partition coefficient (Wildman–Crippen LogP) is 5.70. The lowest BCUT2D eigenvalue weighted by Crippen LogP contribution is -2.11. The van der Waals surface area contributed by atoms with Crippen molar-refractivity contribution in [2.45, 2.75) is 19.4 Å². The first-order valence-electron chi connectivity index (χ1n) is 6.08. The SMILES string of the molecule is CCC(Nc1cccc(Cl)c1Cl)c1ccccc1F. The highest BCUT2D eigenvalue weighted by molar-refractivity contribution is 6.43. The average molecular weight is 298 g/mol. The molecule has 4 heteroatoms. The van der Waals surface area contributed by atoms with Crippen LogP contribution in [0.15, 0.2) is 42.5 Å². The molecule has 100 valence electrons. The summed E-state index contributed by atoms with van der Waals surface area (Å²) in [6.45, 7) is 1.99. The zero-order valence-corrected chi connectivity index (χ0v) is 12.0. The molecule has 0 aromatic heterocycles. The monoisotopic (exact) mass is 297 g/mol. The van der Waals surface area contributed by atoms with Gasteiger partial charge in [-0.3, -0.25) is 0 Å². The molecule has 1 atom stereocenters.